The van der Waals surface area contributed by atoms with E-state index in [0.29, 0.717) is 6.42 Å². The van der Waals surface area contributed by atoms with Crippen molar-refractivity contribution in [2.24, 2.45) is 10.9 Å². The zero-order chi connectivity index (χ0) is 13.1. The summed E-state index contributed by atoms with van der Waals surface area (Å²) in [5, 5.41) is 11.8. The SMILES string of the molecule is CCC(C/C(N)=N/O)n1c(C)nc2ccccc21. The maximum atomic E-state index is 8.70. The third kappa shape index (κ3) is 2.16. The Morgan fingerprint density at radius 2 is 2.22 bits per heavy atom. The minimum Gasteiger partial charge on any atom is -0.409 e. The van der Waals surface area contributed by atoms with E-state index in [4.69, 9.17) is 10.9 Å². The molecule has 0 aliphatic rings. The Balaban J connectivity index is 2.47. The Kier molecular flexibility index (Phi) is 3.50. The fourth-order valence-corrected chi connectivity index (χ4v) is 2.33. The van der Waals surface area contributed by atoms with Crippen LogP contribution in [0, 0.1) is 6.92 Å². The summed E-state index contributed by atoms with van der Waals surface area (Å²) in [6.07, 6.45) is 1.42. The molecule has 0 aliphatic carbocycles. The van der Waals surface area contributed by atoms with Crippen LogP contribution in [0.2, 0.25) is 0 Å². The molecule has 1 atom stereocenters. The van der Waals surface area contributed by atoms with E-state index in [0.717, 1.165) is 23.3 Å². The first-order valence-corrected chi connectivity index (χ1v) is 6.07. The first-order valence-electron chi connectivity index (χ1n) is 6.07. The van der Waals surface area contributed by atoms with Gasteiger partial charge in [0.05, 0.1) is 11.0 Å². The molecule has 0 saturated heterocycles. The van der Waals surface area contributed by atoms with E-state index in [2.05, 4.69) is 21.6 Å². The van der Waals surface area contributed by atoms with Crippen molar-refractivity contribution in [3.63, 3.8) is 0 Å². The molecule has 0 bridgehead atoms. The van der Waals surface area contributed by atoms with Crippen molar-refractivity contribution in [3.8, 4) is 0 Å². The number of fused-ring (bicyclic) bond motifs is 1. The highest BCUT2D eigenvalue weighted by Gasteiger charge is 2.16. The van der Waals surface area contributed by atoms with Gasteiger partial charge in [-0.25, -0.2) is 4.98 Å². The number of aryl methyl sites for hydroxylation is 1. The summed E-state index contributed by atoms with van der Waals surface area (Å²) in [4.78, 5) is 4.53. The lowest BCUT2D eigenvalue weighted by Crippen LogP contribution is -2.20. The second-order valence-electron chi connectivity index (χ2n) is 4.38. The van der Waals surface area contributed by atoms with Crippen molar-refractivity contribution in [3.05, 3.63) is 30.1 Å². The Bertz CT molecular complexity index is 573. The average molecular weight is 246 g/mol. The number of hydrogen-bond acceptors (Lipinski definition) is 3. The lowest BCUT2D eigenvalue weighted by atomic mass is 10.1. The molecule has 0 fully saturated rings. The predicted octanol–water partition coefficient (Wildman–Crippen LogP) is 2.43. The number of nitrogens with zero attached hydrogens (tertiary/aromatic N) is 3. The average Bonchev–Trinajstić information content (AvgIpc) is 2.71. The fourth-order valence-electron chi connectivity index (χ4n) is 2.33. The van der Waals surface area contributed by atoms with Gasteiger partial charge in [0.25, 0.3) is 0 Å². The molecule has 0 saturated carbocycles. The van der Waals surface area contributed by atoms with Gasteiger partial charge in [-0.3, -0.25) is 0 Å². The topological polar surface area (TPSA) is 76.4 Å². The van der Waals surface area contributed by atoms with Gasteiger partial charge in [0.15, 0.2) is 0 Å². The van der Waals surface area contributed by atoms with E-state index in [1.54, 1.807) is 0 Å². The monoisotopic (exact) mass is 246 g/mol. The number of para-hydroxylation sites is 2. The second-order valence-corrected chi connectivity index (χ2v) is 4.38. The van der Waals surface area contributed by atoms with Gasteiger partial charge < -0.3 is 15.5 Å². The second kappa shape index (κ2) is 5.08. The maximum Gasteiger partial charge on any atom is 0.141 e. The van der Waals surface area contributed by atoms with Crippen LogP contribution in [0.1, 0.15) is 31.6 Å². The molecule has 0 spiro atoms. The van der Waals surface area contributed by atoms with Crippen LogP contribution in [0.4, 0.5) is 0 Å². The Labute approximate surface area is 106 Å². The molecule has 5 heteroatoms. The zero-order valence-corrected chi connectivity index (χ0v) is 10.7. The van der Waals surface area contributed by atoms with Crippen molar-refractivity contribution in [1.82, 2.24) is 9.55 Å². The Morgan fingerprint density at radius 1 is 1.50 bits per heavy atom. The van der Waals surface area contributed by atoms with Gasteiger partial charge in [-0.1, -0.05) is 24.2 Å². The molecule has 5 nitrogen and oxygen atoms in total. The van der Waals surface area contributed by atoms with E-state index in [9.17, 15) is 0 Å². The molecule has 2 rings (SSSR count). The molecule has 0 radical (unpaired) electrons. The highest BCUT2D eigenvalue weighted by molar-refractivity contribution is 5.81. The molecule has 1 aromatic carbocycles. The van der Waals surface area contributed by atoms with Crippen molar-refractivity contribution in [2.45, 2.75) is 32.7 Å². The third-order valence-corrected chi connectivity index (χ3v) is 3.18. The van der Waals surface area contributed by atoms with E-state index in [-0.39, 0.29) is 11.9 Å². The number of oxime groups is 1. The number of hydrogen-bond donors (Lipinski definition) is 2. The number of amidine groups is 1. The lowest BCUT2D eigenvalue weighted by molar-refractivity contribution is 0.315. The van der Waals surface area contributed by atoms with Crippen LogP contribution in [0.15, 0.2) is 29.4 Å². The Hall–Kier alpha value is -2.04. The normalized spacial score (nSPS) is 14.0. The number of nitrogens with two attached hydrogens (primary N) is 1. The highest BCUT2D eigenvalue weighted by Crippen LogP contribution is 2.25. The van der Waals surface area contributed by atoms with E-state index in [1.165, 1.54) is 0 Å². The molecular weight excluding hydrogens is 228 g/mol. The highest BCUT2D eigenvalue weighted by atomic mass is 16.4. The predicted molar refractivity (Wildman–Crippen MR) is 71.8 cm³/mol. The first kappa shape index (κ1) is 12.4. The largest absolute Gasteiger partial charge is 0.409 e. The molecule has 96 valence electrons. The standard InChI is InChI=1S/C13H18N4O/c1-3-10(8-13(14)16-18)17-9(2)15-11-6-4-5-7-12(11)17/h4-7,10,18H,3,8H2,1-2H3,(H2,14,16). The maximum absolute atomic E-state index is 8.70. The van der Waals surface area contributed by atoms with Crippen LogP contribution in [0.5, 0.6) is 0 Å². The smallest absolute Gasteiger partial charge is 0.141 e. The van der Waals surface area contributed by atoms with Gasteiger partial charge in [-0.15, -0.1) is 0 Å². The number of aromatic nitrogens is 2. The molecule has 0 aliphatic heterocycles. The fraction of sp³-hybridized carbons (Fsp3) is 0.385. The molecule has 1 aromatic heterocycles. The minimum atomic E-state index is 0.160. The first-order chi connectivity index (χ1) is 8.67. The van der Waals surface area contributed by atoms with E-state index >= 15 is 0 Å². The summed E-state index contributed by atoms with van der Waals surface area (Å²) in [5.74, 6) is 1.20. The molecule has 0 amide bonds. The van der Waals surface area contributed by atoms with Crippen molar-refractivity contribution in [1.29, 1.82) is 0 Å². The van der Waals surface area contributed by atoms with Crippen LogP contribution >= 0.6 is 0 Å². The van der Waals surface area contributed by atoms with Gasteiger partial charge in [-0.05, 0) is 25.5 Å². The van der Waals surface area contributed by atoms with Crippen LogP contribution in [0.3, 0.4) is 0 Å². The van der Waals surface area contributed by atoms with Crippen LogP contribution in [0.25, 0.3) is 11.0 Å². The number of imidazole rings is 1. The van der Waals surface area contributed by atoms with E-state index in [1.807, 2.05) is 31.2 Å². The lowest BCUT2D eigenvalue weighted by Gasteiger charge is -2.18. The molecule has 1 heterocycles. The van der Waals surface area contributed by atoms with Crippen molar-refractivity contribution >= 4 is 16.9 Å². The summed E-state index contributed by atoms with van der Waals surface area (Å²) < 4.78 is 2.16. The summed E-state index contributed by atoms with van der Waals surface area (Å²) in [6.45, 7) is 4.07. The van der Waals surface area contributed by atoms with Crippen LogP contribution in [-0.4, -0.2) is 20.6 Å². The van der Waals surface area contributed by atoms with Crippen molar-refractivity contribution < 1.29 is 5.21 Å². The molecular formula is C13H18N4O. The van der Waals surface area contributed by atoms with Gasteiger partial charge in [0, 0.05) is 12.5 Å². The van der Waals surface area contributed by atoms with Gasteiger partial charge in [-0.2, -0.15) is 0 Å². The molecule has 1 unspecified atom stereocenters. The molecule has 3 N–H and O–H groups in total. The molecule has 18 heavy (non-hydrogen) atoms. The van der Waals surface area contributed by atoms with Gasteiger partial charge >= 0.3 is 0 Å². The third-order valence-electron chi connectivity index (χ3n) is 3.18. The van der Waals surface area contributed by atoms with Crippen LogP contribution < -0.4 is 5.73 Å². The quantitative estimate of drug-likeness (QED) is 0.376. The van der Waals surface area contributed by atoms with Gasteiger partial charge in [0.2, 0.25) is 0 Å². The zero-order valence-electron chi connectivity index (χ0n) is 10.7. The number of benzene rings is 1. The van der Waals surface area contributed by atoms with Gasteiger partial charge in [0.1, 0.15) is 11.7 Å². The summed E-state index contributed by atoms with van der Waals surface area (Å²) in [5.41, 5.74) is 7.69. The number of rotatable bonds is 4. The Morgan fingerprint density at radius 3 is 2.89 bits per heavy atom. The van der Waals surface area contributed by atoms with E-state index < -0.39 is 0 Å². The van der Waals surface area contributed by atoms with Crippen LogP contribution in [-0.2, 0) is 0 Å². The summed E-state index contributed by atoms with van der Waals surface area (Å²) in [7, 11) is 0. The summed E-state index contributed by atoms with van der Waals surface area (Å²) in [6, 6.07) is 8.17. The molecule has 2 aromatic rings. The van der Waals surface area contributed by atoms with Crippen molar-refractivity contribution in [2.75, 3.05) is 0 Å². The minimum absolute atomic E-state index is 0.160. The summed E-state index contributed by atoms with van der Waals surface area (Å²) >= 11 is 0.